The van der Waals surface area contributed by atoms with Crippen molar-refractivity contribution in [3.05, 3.63) is 68.9 Å². The largest absolute Gasteiger partial charge is 0.501 e. The second kappa shape index (κ2) is 8.71. The molecule has 0 radical (unpaired) electrons. The molecule has 0 saturated carbocycles. The van der Waals surface area contributed by atoms with Gasteiger partial charge in [-0.1, -0.05) is 30.3 Å². The number of sulfone groups is 1. The van der Waals surface area contributed by atoms with Gasteiger partial charge >= 0.3 is 5.51 Å². The van der Waals surface area contributed by atoms with Crippen LogP contribution in [0.5, 0.6) is 0 Å². The minimum absolute atomic E-state index is 0.0299. The third-order valence-corrected chi connectivity index (χ3v) is 7.16. The van der Waals surface area contributed by atoms with E-state index in [-0.39, 0.29) is 43.7 Å². The molecule has 2 aromatic rings. The number of rotatable bonds is 7. The number of thiophene rings is 1. The number of halogens is 3. The molecule has 0 spiro atoms. The smallest absolute Gasteiger partial charge is 0.369 e. The molecule has 29 heavy (non-hydrogen) atoms. The molecule has 2 heterocycles. The normalized spacial score (nSPS) is 15.6. The molecule has 3 rings (SSSR count). The van der Waals surface area contributed by atoms with Gasteiger partial charge in [-0.25, -0.2) is 8.42 Å². The van der Waals surface area contributed by atoms with Crippen molar-refractivity contribution >= 4 is 27.0 Å². The van der Waals surface area contributed by atoms with Crippen LogP contribution < -0.4 is 0 Å². The number of ketones is 1. The predicted molar refractivity (Wildman–Crippen MR) is 106 cm³/mol. The first-order valence-electron chi connectivity index (χ1n) is 9.03. The summed E-state index contributed by atoms with van der Waals surface area (Å²) in [5.41, 5.74) is -3.82. The van der Waals surface area contributed by atoms with E-state index in [1.807, 2.05) is 23.6 Å². The lowest BCUT2D eigenvalue weighted by molar-refractivity contribution is -0.118. The first kappa shape index (κ1) is 21.6. The molecule has 0 bridgehead atoms. The minimum Gasteiger partial charge on any atom is -0.369 e. The van der Waals surface area contributed by atoms with Gasteiger partial charge in [0.15, 0.2) is 0 Å². The lowest BCUT2D eigenvalue weighted by atomic mass is 10.0. The number of alkyl halides is 3. The molecule has 156 valence electrons. The fraction of sp³-hybridized carbons (Fsp3) is 0.350. The highest BCUT2D eigenvalue weighted by atomic mass is 32.2. The molecule has 1 aliphatic rings. The van der Waals surface area contributed by atoms with Gasteiger partial charge < -0.3 is 4.90 Å². The first-order chi connectivity index (χ1) is 13.7. The Morgan fingerprint density at radius 1 is 1.07 bits per heavy atom. The lowest BCUT2D eigenvalue weighted by Crippen LogP contribution is -2.35. The average molecular weight is 444 g/mol. The Balaban J connectivity index is 1.96. The molecule has 1 aromatic carbocycles. The number of hydrogen-bond donors (Lipinski definition) is 0. The summed E-state index contributed by atoms with van der Waals surface area (Å²) < 4.78 is 64.2. The number of benzene rings is 1. The maximum Gasteiger partial charge on any atom is 0.501 e. The third kappa shape index (κ3) is 5.08. The quantitative estimate of drug-likeness (QED) is 0.623. The van der Waals surface area contributed by atoms with Gasteiger partial charge in [-0.3, -0.25) is 4.79 Å². The van der Waals surface area contributed by atoms with E-state index in [4.69, 9.17) is 0 Å². The molecule has 0 fully saturated rings. The van der Waals surface area contributed by atoms with Crippen LogP contribution in [0.15, 0.2) is 57.8 Å². The van der Waals surface area contributed by atoms with Crippen LogP contribution in [0.4, 0.5) is 13.2 Å². The van der Waals surface area contributed by atoms with Crippen molar-refractivity contribution in [3.63, 3.8) is 0 Å². The Hall–Kier alpha value is -2.13. The molecule has 1 aliphatic heterocycles. The van der Waals surface area contributed by atoms with Crippen molar-refractivity contribution in [1.29, 1.82) is 0 Å². The molecule has 0 atom stereocenters. The topological polar surface area (TPSA) is 54.5 Å². The zero-order valence-electron chi connectivity index (χ0n) is 15.5. The summed E-state index contributed by atoms with van der Waals surface area (Å²) in [7, 11) is -5.49. The fourth-order valence-electron chi connectivity index (χ4n) is 3.37. The summed E-state index contributed by atoms with van der Waals surface area (Å²) >= 11 is 1.42. The number of nitrogens with zero attached hydrogens (tertiary/aromatic N) is 1. The van der Waals surface area contributed by atoms with Crippen molar-refractivity contribution in [3.8, 4) is 0 Å². The van der Waals surface area contributed by atoms with Crippen molar-refractivity contribution in [1.82, 2.24) is 4.90 Å². The predicted octanol–water partition coefficient (Wildman–Crippen LogP) is 4.69. The van der Waals surface area contributed by atoms with Gasteiger partial charge in [-0.2, -0.15) is 24.5 Å². The average Bonchev–Trinajstić information content (AvgIpc) is 3.15. The molecule has 0 amide bonds. The van der Waals surface area contributed by atoms with Crippen LogP contribution in [-0.2, 0) is 27.6 Å². The maximum atomic E-state index is 13.3. The molecular weight excluding hydrogens is 423 g/mol. The highest BCUT2D eigenvalue weighted by Gasteiger charge is 2.50. The standard InChI is InChI=1S/C20H20F3NO3S2/c21-20(22,23)29(26,27)19-7-4-9-24(13-15-5-2-1-3-6-15)18(19)12-17(25)11-16-8-10-28-14-16/h1-3,5-6,8,10,14H,4,7,9,11-13H2. The third-order valence-electron chi connectivity index (χ3n) is 4.73. The van der Waals surface area contributed by atoms with Crippen LogP contribution in [0.1, 0.15) is 30.4 Å². The van der Waals surface area contributed by atoms with Gasteiger partial charge in [0.25, 0.3) is 9.84 Å². The Morgan fingerprint density at radius 2 is 1.79 bits per heavy atom. The molecule has 9 heteroatoms. The number of carbonyl (C=O) groups excluding carboxylic acids is 1. The Kier molecular flexibility index (Phi) is 6.48. The molecule has 1 aromatic heterocycles. The number of allylic oxidation sites excluding steroid dienone is 2. The summed E-state index contributed by atoms with van der Waals surface area (Å²) in [6, 6.07) is 10.8. The molecule has 0 saturated heterocycles. The minimum atomic E-state index is -5.49. The van der Waals surface area contributed by atoms with E-state index in [0.29, 0.717) is 6.54 Å². The second-order valence-electron chi connectivity index (χ2n) is 6.85. The zero-order chi connectivity index (χ0) is 21.1. The van der Waals surface area contributed by atoms with Crippen molar-refractivity contribution in [2.75, 3.05) is 6.54 Å². The van der Waals surface area contributed by atoms with Gasteiger partial charge in [-0.05, 0) is 40.8 Å². The van der Waals surface area contributed by atoms with E-state index >= 15 is 0 Å². The van der Waals surface area contributed by atoms with Crippen molar-refractivity contribution < 1.29 is 26.4 Å². The van der Waals surface area contributed by atoms with E-state index in [9.17, 15) is 26.4 Å². The molecule has 0 unspecified atom stereocenters. The summed E-state index contributed by atoms with van der Waals surface area (Å²) in [6.45, 7) is 0.644. The van der Waals surface area contributed by atoms with Gasteiger partial charge in [0.1, 0.15) is 5.78 Å². The van der Waals surface area contributed by atoms with E-state index in [1.165, 1.54) is 11.3 Å². The lowest BCUT2D eigenvalue weighted by Gasteiger charge is -2.34. The Labute approximate surface area is 171 Å². The second-order valence-corrected chi connectivity index (χ2v) is 9.60. The van der Waals surface area contributed by atoms with Crippen LogP contribution in [-0.4, -0.2) is 31.2 Å². The van der Waals surface area contributed by atoms with Crippen LogP contribution >= 0.6 is 11.3 Å². The van der Waals surface area contributed by atoms with Crippen LogP contribution in [0.2, 0.25) is 0 Å². The first-order valence-corrected chi connectivity index (χ1v) is 11.5. The number of carbonyl (C=O) groups is 1. The molecular formula is C20H20F3NO3S2. The Bertz CT molecular complexity index is 982. The van der Waals surface area contributed by atoms with Crippen LogP contribution in [0.25, 0.3) is 0 Å². The van der Waals surface area contributed by atoms with Crippen LogP contribution in [0, 0.1) is 0 Å². The fourth-order valence-corrected chi connectivity index (χ4v) is 5.25. The van der Waals surface area contributed by atoms with E-state index in [1.54, 1.807) is 28.5 Å². The van der Waals surface area contributed by atoms with Gasteiger partial charge in [0.05, 0.1) is 4.91 Å². The van der Waals surface area contributed by atoms with Crippen molar-refractivity contribution in [2.24, 2.45) is 0 Å². The van der Waals surface area contributed by atoms with Gasteiger partial charge in [-0.15, -0.1) is 0 Å². The van der Waals surface area contributed by atoms with Gasteiger partial charge in [0.2, 0.25) is 0 Å². The van der Waals surface area contributed by atoms with Crippen LogP contribution in [0.3, 0.4) is 0 Å². The van der Waals surface area contributed by atoms with Crippen molar-refractivity contribution in [2.45, 2.75) is 37.7 Å². The molecule has 4 nitrogen and oxygen atoms in total. The number of hydrogen-bond acceptors (Lipinski definition) is 5. The summed E-state index contributed by atoms with van der Waals surface area (Å²) in [5.74, 6) is -0.312. The molecule has 0 aliphatic carbocycles. The Morgan fingerprint density at radius 3 is 2.41 bits per heavy atom. The highest BCUT2D eigenvalue weighted by molar-refractivity contribution is 7.96. The van der Waals surface area contributed by atoms with Gasteiger partial charge in [0, 0.05) is 31.6 Å². The summed E-state index contributed by atoms with van der Waals surface area (Å²) in [6.07, 6.45) is -0.216. The zero-order valence-corrected chi connectivity index (χ0v) is 17.1. The number of Topliss-reactive ketones (excluding diaryl/α,β-unsaturated/α-hetero) is 1. The van der Waals surface area contributed by atoms with E-state index in [0.717, 1.165) is 11.1 Å². The molecule has 0 N–H and O–H groups in total. The maximum absolute atomic E-state index is 13.3. The van der Waals surface area contributed by atoms with E-state index < -0.39 is 20.3 Å². The summed E-state index contributed by atoms with van der Waals surface area (Å²) in [4.78, 5) is 13.5. The summed E-state index contributed by atoms with van der Waals surface area (Å²) in [5, 5.41) is 3.60. The van der Waals surface area contributed by atoms with E-state index in [2.05, 4.69) is 0 Å². The highest BCUT2D eigenvalue weighted by Crippen LogP contribution is 2.38. The SMILES string of the molecule is O=C(CC1=C(S(=O)(=O)C(F)(F)F)CCCN1Cc1ccccc1)Cc1ccsc1. The monoisotopic (exact) mass is 443 g/mol.